The van der Waals surface area contributed by atoms with E-state index in [0.717, 1.165) is 43.1 Å². The van der Waals surface area contributed by atoms with Crippen LogP contribution < -0.4 is 4.74 Å². The molecule has 26 heavy (non-hydrogen) atoms. The second kappa shape index (κ2) is 7.53. The summed E-state index contributed by atoms with van der Waals surface area (Å²) in [5, 5.41) is 0. The smallest absolute Gasteiger partial charge is 0.122 e. The predicted molar refractivity (Wildman–Crippen MR) is 109 cm³/mol. The van der Waals surface area contributed by atoms with E-state index < -0.39 is 0 Å². The summed E-state index contributed by atoms with van der Waals surface area (Å²) in [5.41, 5.74) is 4.79. The highest BCUT2D eigenvalue weighted by atomic mass is 16.5. The van der Waals surface area contributed by atoms with Gasteiger partial charge in [-0.3, -0.25) is 0 Å². The first-order valence-corrected chi connectivity index (χ1v) is 9.52. The first kappa shape index (κ1) is 18.5. The number of nitrogens with zero attached hydrogens (tertiary/aromatic N) is 2. The second-order valence-electron chi connectivity index (χ2n) is 8.15. The van der Waals surface area contributed by atoms with E-state index in [1.807, 2.05) is 0 Å². The van der Waals surface area contributed by atoms with Crippen LogP contribution in [0.1, 0.15) is 50.6 Å². The molecule has 1 aromatic heterocycles. The van der Waals surface area contributed by atoms with E-state index in [4.69, 9.17) is 9.72 Å². The van der Waals surface area contributed by atoms with Crippen molar-refractivity contribution in [3.8, 4) is 5.75 Å². The highest BCUT2D eigenvalue weighted by Gasteiger charge is 2.22. The van der Waals surface area contributed by atoms with E-state index in [0.29, 0.717) is 0 Å². The Balaban J connectivity index is 1.64. The van der Waals surface area contributed by atoms with Gasteiger partial charge in [-0.25, -0.2) is 4.98 Å². The Morgan fingerprint density at radius 3 is 2.54 bits per heavy atom. The quantitative estimate of drug-likeness (QED) is 0.525. The second-order valence-corrected chi connectivity index (χ2v) is 8.15. The van der Waals surface area contributed by atoms with E-state index in [-0.39, 0.29) is 5.41 Å². The number of para-hydroxylation sites is 2. The van der Waals surface area contributed by atoms with E-state index in [2.05, 4.69) is 81.7 Å². The summed E-state index contributed by atoms with van der Waals surface area (Å²) in [7, 11) is 0. The molecule has 0 fully saturated rings. The van der Waals surface area contributed by atoms with Crippen LogP contribution in [0.3, 0.4) is 0 Å². The Morgan fingerprint density at radius 1 is 1.00 bits per heavy atom. The van der Waals surface area contributed by atoms with Crippen LogP contribution >= 0.6 is 0 Å². The number of rotatable bonds is 6. The van der Waals surface area contributed by atoms with Crippen LogP contribution in [0, 0.1) is 13.8 Å². The molecule has 0 aliphatic heterocycles. The highest BCUT2D eigenvalue weighted by molar-refractivity contribution is 5.76. The number of ether oxygens (including phenoxy) is 1. The zero-order valence-corrected chi connectivity index (χ0v) is 16.7. The van der Waals surface area contributed by atoms with Gasteiger partial charge in [0.05, 0.1) is 17.6 Å². The Labute approximate surface area is 157 Å². The first-order valence-electron chi connectivity index (χ1n) is 9.52. The van der Waals surface area contributed by atoms with Crippen LogP contribution in [0.4, 0.5) is 0 Å². The molecule has 0 aliphatic rings. The normalized spacial score (nSPS) is 11.9. The van der Waals surface area contributed by atoms with Crippen LogP contribution in [-0.2, 0) is 12.0 Å². The number of hydrogen-bond acceptors (Lipinski definition) is 2. The molecule has 0 saturated heterocycles. The lowest BCUT2D eigenvalue weighted by Crippen LogP contribution is -2.19. The lowest BCUT2D eigenvalue weighted by Gasteiger charge is -2.20. The average molecular weight is 351 g/mol. The topological polar surface area (TPSA) is 27.1 Å². The van der Waals surface area contributed by atoms with Crippen molar-refractivity contribution in [3.63, 3.8) is 0 Å². The Kier molecular flexibility index (Phi) is 5.36. The molecule has 0 spiro atoms. The van der Waals surface area contributed by atoms with Crippen LogP contribution in [0.5, 0.6) is 5.75 Å². The Morgan fingerprint density at radius 2 is 1.77 bits per heavy atom. The fraction of sp³-hybridized carbons (Fsp3) is 0.435. The molecule has 0 atom stereocenters. The average Bonchev–Trinajstić information content (AvgIpc) is 2.97. The number of unbranched alkanes of at least 4 members (excludes halogenated alkanes) is 1. The van der Waals surface area contributed by atoms with E-state index >= 15 is 0 Å². The van der Waals surface area contributed by atoms with Crippen LogP contribution in [0.15, 0.2) is 42.5 Å². The zero-order valence-electron chi connectivity index (χ0n) is 16.7. The number of aromatic nitrogens is 2. The van der Waals surface area contributed by atoms with Gasteiger partial charge in [0.25, 0.3) is 0 Å². The monoisotopic (exact) mass is 350 g/mol. The van der Waals surface area contributed by atoms with Crippen LogP contribution in [-0.4, -0.2) is 16.2 Å². The summed E-state index contributed by atoms with van der Waals surface area (Å²) in [6, 6.07) is 14.8. The van der Waals surface area contributed by atoms with Crippen molar-refractivity contribution in [3.05, 3.63) is 59.4 Å². The molecule has 138 valence electrons. The molecule has 3 rings (SSSR count). The molecule has 0 saturated carbocycles. The standard InChI is InChI=1S/C23H30N2O/c1-17-12-13-18(2)21(16-17)26-15-9-8-14-25-20-11-7-6-10-19(20)24-22(25)23(3,4)5/h6-7,10-13,16H,8-9,14-15H2,1-5H3. The van der Waals surface area contributed by atoms with Gasteiger partial charge in [0.15, 0.2) is 0 Å². The molecule has 0 radical (unpaired) electrons. The van der Waals surface area contributed by atoms with E-state index in [9.17, 15) is 0 Å². The van der Waals surface area contributed by atoms with Gasteiger partial charge in [0.2, 0.25) is 0 Å². The van der Waals surface area contributed by atoms with Crippen molar-refractivity contribution in [1.82, 2.24) is 9.55 Å². The van der Waals surface area contributed by atoms with Crippen LogP contribution in [0.2, 0.25) is 0 Å². The van der Waals surface area contributed by atoms with Gasteiger partial charge < -0.3 is 9.30 Å². The lowest BCUT2D eigenvalue weighted by molar-refractivity contribution is 0.300. The maximum absolute atomic E-state index is 6.00. The Hall–Kier alpha value is -2.29. The number of hydrogen-bond donors (Lipinski definition) is 0. The predicted octanol–water partition coefficient (Wildman–Crippen LogP) is 5.81. The molecule has 0 N–H and O–H groups in total. The molecule has 2 aromatic carbocycles. The molecular weight excluding hydrogens is 320 g/mol. The summed E-state index contributed by atoms with van der Waals surface area (Å²) in [6.45, 7) is 12.6. The minimum absolute atomic E-state index is 0.0359. The van der Waals surface area contributed by atoms with Crippen molar-refractivity contribution in [2.75, 3.05) is 6.61 Å². The molecule has 1 heterocycles. The van der Waals surface area contributed by atoms with Crippen molar-refractivity contribution >= 4 is 11.0 Å². The van der Waals surface area contributed by atoms with Gasteiger partial charge in [0, 0.05) is 12.0 Å². The third kappa shape index (κ3) is 4.09. The molecule has 3 heteroatoms. The van der Waals surface area contributed by atoms with Gasteiger partial charge in [0.1, 0.15) is 11.6 Å². The first-order chi connectivity index (χ1) is 12.4. The molecule has 0 unspecified atom stereocenters. The zero-order chi connectivity index (χ0) is 18.7. The van der Waals surface area contributed by atoms with Crippen LogP contribution in [0.25, 0.3) is 11.0 Å². The van der Waals surface area contributed by atoms with Gasteiger partial charge in [-0.2, -0.15) is 0 Å². The maximum Gasteiger partial charge on any atom is 0.122 e. The minimum Gasteiger partial charge on any atom is -0.493 e. The molecule has 3 aromatic rings. The fourth-order valence-corrected chi connectivity index (χ4v) is 3.29. The number of aryl methyl sites for hydroxylation is 3. The molecular formula is C23H30N2O. The molecule has 0 aliphatic carbocycles. The van der Waals surface area contributed by atoms with Gasteiger partial charge in [-0.05, 0) is 56.0 Å². The summed E-state index contributed by atoms with van der Waals surface area (Å²) in [5.74, 6) is 2.17. The van der Waals surface area contributed by atoms with E-state index in [1.54, 1.807) is 0 Å². The summed E-state index contributed by atoms with van der Waals surface area (Å²) >= 11 is 0. The maximum atomic E-state index is 6.00. The summed E-state index contributed by atoms with van der Waals surface area (Å²) in [4.78, 5) is 4.88. The van der Waals surface area contributed by atoms with Crippen molar-refractivity contribution in [1.29, 1.82) is 0 Å². The number of benzene rings is 2. The SMILES string of the molecule is Cc1ccc(C)c(OCCCCn2c(C(C)(C)C)nc3ccccc32)c1. The summed E-state index contributed by atoms with van der Waals surface area (Å²) in [6.07, 6.45) is 2.11. The van der Waals surface area contributed by atoms with Gasteiger partial charge in [-0.1, -0.05) is 45.0 Å². The van der Waals surface area contributed by atoms with Crippen molar-refractivity contribution in [2.24, 2.45) is 0 Å². The molecule has 0 bridgehead atoms. The summed E-state index contributed by atoms with van der Waals surface area (Å²) < 4.78 is 8.38. The molecule has 0 amide bonds. The highest BCUT2D eigenvalue weighted by Crippen LogP contribution is 2.27. The third-order valence-corrected chi connectivity index (χ3v) is 4.70. The third-order valence-electron chi connectivity index (χ3n) is 4.70. The largest absolute Gasteiger partial charge is 0.493 e. The van der Waals surface area contributed by atoms with Gasteiger partial charge >= 0.3 is 0 Å². The van der Waals surface area contributed by atoms with E-state index in [1.165, 1.54) is 16.6 Å². The Bertz CT molecular complexity index is 887. The lowest BCUT2D eigenvalue weighted by atomic mass is 9.95. The molecule has 3 nitrogen and oxygen atoms in total. The van der Waals surface area contributed by atoms with Gasteiger partial charge in [-0.15, -0.1) is 0 Å². The van der Waals surface area contributed by atoms with Crippen molar-refractivity contribution < 1.29 is 4.74 Å². The number of fused-ring (bicyclic) bond motifs is 1. The fourth-order valence-electron chi connectivity index (χ4n) is 3.29. The number of imidazole rings is 1. The van der Waals surface area contributed by atoms with Crippen molar-refractivity contribution in [2.45, 2.75) is 59.4 Å². The minimum atomic E-state index is 0.0359.